The van der Waals surface area contributed by atoms with Crippen molar-refractivity contribution in [2.24, 2.45) is 0 Å². The molecule has 166 valence electrons. The van der Waals surface area contributed by atoms with Crippen LogP contribution in [0, 0.1) is 20.8 Å². The van der Waals surface area contributed by atoms with Crippen molar-refractivity contribution in [3.8, 4) is 17.1 Å². The van der Waals surface area contributed by atoms with Gasteiger partial charge in [-0.25, -0.2) is 4.98 Å². The molecule has 0 radical (unpaired) electrons. The van der Waals surface area contributed by atoms with Gasteiger partial charge in [0.1, 0.15) is 10.7 Å². The average Bonchev–Trinajstić information content (AvgIpc) is 3.35. The number of benzene rings is 2. The Hall–Kier alpha value is -3.23. The number of thioether (sulfide) groups is 1. The smallest absolute Gasteiger partial charge is 0.259 e. The van der Waals surface area contributed by atoms with Crippen molar-refractivity contribution in [3.63, 3.8) is 0 Å². The van der Waals surface area contributed by atoms with Crippen molar-refractivity contribution >= 4 is 33.3 Å². The first-order valence-electron chi connectivity index (χ1n) is 10.7. The summed E-state index contributed by atoms with van der Waals surface area (Å²) in [5.41, 5.74) is 4.08. The van der Waals surface area contributed by atoms with Crippen LogP contribution in [0.4, 0.5) is 0 Å². The Morgan fingerprint density at radius 2 is 1.73 bits per heavy atom. The summed E-state index contributed by atoms with van der Waals surface area (Å²) in [7, 11) is 0. The highest BCUT2D eigenvalue weighted by molar-refractivity contribution is 7.99. The summed E-state index contributed by atoms with van der Waals surface area (Å²) >= 11 is 3.09. The summed E-state index contributed by atoms with van der Waals surface area (Å²) < 4.78 is 2.06. The first-order chi connectivity index (χ1) is 15.9. The highest BCUT2D eigenvalue weighted by Gasteiger charge is 2.21. The topological polar surface area (TPSA) is 76.5 Å². The minimum Gasteiger partial charge on any atom is -0.309 e. The highest BCUT2D eigenvalue weighted by atomic mass is 32.2. The minimum absolute atomic E-state index is 0.0886. The third-order valence-corrected chi connectivity index (χ3v) is 7.84. The van der Waals surface area contributed by atoms with Gasteiger partial charge in [-0.2, -0.15) is 0 Å². The van der Waals surface area contributed by atoms with E-state index in [-0.39, 0.29) is 10.8 Å². The van der Waals surface area contributed by atoms with Gasteiger partial charge in [-0.05, 0) is 45.4 Å². The number of aromatic nitrogens is 5. The van der Waals surface area contributed by atoms with Crippen molar-refractivity contribution in [1.82, 2.24) is 24.7 Å². The molecule has 0 fully saturated rings. The Bertz CT molecular complexity index is 1500. The van der Waals surface area contributed by atoms with Crippen LogP contribution in [-0.4, -0.2) is 24.7 Å². The first-order valence-corrected chi connectivity index (χ1v) is 12.4. The van der Waals surface area contributed by atoms with Gasteiger partial charge >= 0.3 is 0 Å². The zero-order valence-corrected chi connectivity index (χ0v) is 20.4. The summed E-state index contributed by atoms with van der Waals surface area (Å²) in [4.78, 5) is 22.4. The first kappa shape index (κ1) is 21.6. The average molecular weight is 474 g/mol. The molecule has 0 aliphatic carbocycles. The van der Waals surface area contributed by atoms with E-state index in [0.29, 0.717) is 11.2 Å². The standard InChI is InChI=1S/C25H23N5OS2/c1-14-10-12-19(13-11-14)30-22(18-8-6-5-7-9-18)28-29-25(30)33-17(4)21-26-23(31)20-15(2)16(3)32-24(20)27-21/h5-13,17H,1-4H3,(H,26,27,31). The third-order valence-electron chi connectivity index (χ3n) is 5.68. The summed E-state index contributed by atoms with van der Waals surface area (Å²) in [6, 6.07) is 18.3. The maximum atomic E-state index is 12.8. The lowest BCUT2D eigenvalue weighted by Gasteiger charge is -2.13. The highest BCUT2D eigenvalue weighted by Crippen LogP contribution is 2.36. The van der Waals surface area contributed by atoms with Crippen LogP contribution < -0.4 is 5.56 Å². The molecule has 0 aliphatic heterocycles. The van der Waals surface area contributed by atoms with Crippen LogP contribution >= 0.6 is 23.1 Å². The number of H-pyrrole nitrogens is 1. The van der Waals surface area contributed by atoms with E-state index in [9.17, 15) is 4.79 Å². The Morgan fingerprint density at radius 3 is 2.45 bits per heavy atom. The predicted octanol–water partition coefficient (Wildman–Crippen LogP) is 6.01. The van der Waals surface area contributed by atoms with Crippen molar-refractivity contribution in [2.75, 3.05) is 0 Å². The van der Waals surface area contributed by atoms with Crippen LogP contribution in [0.2, 0.25) is 0 Å². The molecule has 3 heterocycles. The molecular formula is C25H23N5OS2. The lowest BCUT2D eigenvalue weighted by Crippen LogP contribution is -2.12. The second-order valence-electron chi connectivity index (χ2n) is 8.02. The molecule has 1 unspecified atom stereocenters. The fraction of sp³-hybridized carbons (Fsp3) is 0.200. The van der Waals surface area contributed by atoms with Crippen LogP contribution in [0.3, 0.4) is 0 Å². The van der Waals surface area contributed by atoms with E-state index in [1.807, 2.05) is 51.1 Å². The Kier molecular flexibility index (Phi) is 5.64. The Balaban J connectivity index is 1.57. The fourth-order valence-electron chi connectivity index (χ4n) is 3.72. The van der Waals surface area contributed by atoms with Gasteiger partial charge in [0.2, 0.25) is 0 Å². The van der Waals surface area contributed by atoms with Crippen LogP contribution in [0.25, 0.3) is 27.3 Å². The van der Waals surface area contributed by atoms with Gasteiger partial charge in [0.15, 0.2) is 11.0 Å². The van der Waals surface area contributed by atoms with Crippen LogP contribution in [-0.2, 0) is 0 Å². The molecule has 8 heteroatoms. The normalized spacial score (nSPS) is 12.4. The zero-order chi connectivity index (χ0) is 23.1. The van der Waals surface area contributed by atoms with E-state index in [0.717, 1.165) is 37.5 Å². The summed E-state index contributed by atoms with van der Waals surface area (Å²) in [5, 5.41) is 10.3. The minimum atomic E-state index is -0.123. The Labute approximate surface area is 199 Å². The van der Waals surface area contributed by atoms with E-state index >= 15 is 0 Å². The van der Waals surface area contributed by atoms with Gasteiger partial charge < -0.3 is 4.98 Å². The molecule has 0 bridgehead atoms. The number of rotatable bonds is 5. The van der Waals surface area contributed by atoms with Crippen LogP contribution in [0.1, 0.15) is 34.0 Å². The lowest BCUT2D eigenvalue weighted by atomic mass is 10.2. The predicted molar refractivity (Wildman–Crippen MR) is 136 cm³/mol. The molecular weight excluding hydrogens is 450 g/mol. The number of fused-ring (bicyclic) bond motifs is 1. The molecule has 2 aromatic carbocycles. The van der Waals surface area contributed by atoms with E-state index < -0.39 is 0 Å². The lowest BCUT2D eigenvalue weighted by molar-refractivity contribution is 0.863. The largest absolute Gasteiger partial charge is 0.309 e. The number of nitrogens with one attached hydrogen (secondary N) is 1. The van der Waals surface area contributed by atoms with E-state index in [4.69, 9.17) is 4.98 Å². The number of aryl methyl sites for hydroxylation is 3. The summed E-state index contributed by atoms with van der Waals surface area (Å²) in [6.45, 7) is 8.09. The zero-order valence-electron chi connectivity index (χ0n) is 18.8. The number of hydrogen-bond donors (Lipinski definition) is 1. The number of thiophene rings is 1. The van der Waals surface area contributed by atoms with Gasteiger partial charge in [-0.3, -0.25) is 9.36 Å². The molecule has 0 saturated carbocycles. The number of hydrogen-bond acceptors (Lipinski definition) is 6. The maximum absolute atomic E-state index is 12.8. The van der Waals surface area contributed by atoms with E-state index in [1.165, 1.54) is 17.3 Å². The monoisotopic (exact) mass is 473 g/mol. The van der Waals surface area contributed by atoms with Crippen molar-refractivity contribution in [3.05, 3.63) is 86.8 Å². The van der Waals surface area contributed by atoms with Gasteiger partial charge in [0.25, 0.3) is 5.56 Å². The van der Waals surface area contributed by atoms with Gasteiger partial charge in [0.05, 0.1) is 10.6 Å². The maximum Gasteiger partial charge on any atom is 0.259 e. The molecule has 1 N–H and O–H groups in total. The Morgan fingerprint density at radius 1 is 1.00 bits per heavy atom. The van der Waals surface area contributed by atoms with Crippen LogP contribution in [0.15, 0.2) is 64.5 Å². The number of aromatic amines is 1. The van der Waals surface area contributed by atoms with Crippen LogP contribution in [0.5, 0.6) is 0 Å². The molecule has 1 atom stereocenters. The molecule has 5 rings (SSSR count). The summed E-state index contributed by atoms with van der Waals surface area (Å²) in [6.07, 6.45) is 0. The molecule has 0 spiro atoms. The SMILES string of the molecule is Cc1ccc(-n2c(SC(C)c3nc4sc(C)c(C)c4c(=O)[nH]3)nnc2-c2ccccc2)cc1. The van der Waals surface area contributed by atoms with Crippen molar-refractivity contribution < 1.29 is 0 Å². The third kappa shape index (κ3) is 4.00. The molecule has 33 heavy (non-hydrogen) atoms. The molecule has 6 nitrogen and oxygen atoms in total. The molecule has 0 aliphatic rings. The van der Waals surface area contributed by atoms with Crippen molar-refractivity contribution in [2.45, 2.75) is 38.1 Å². The van der Waals surface area contributed by atoms with Gasteiger partial charge in [-0.1, -0.05) is 59.8 Å². The van der Waals surface area contributed by atoms with E-state index in [2.05, 4.69) is 50.9 Å². The fourth-order valence-corrected chi connectivity index (χ4v) is 5.69. The number of nitrogens with zero attached hydrogens (tertiary/aromatic N) is 4. The van der Waals surface area contributed by atoms with Crippen molar-refractivity contribution in [1.29, 1.82) is 0 Å². The quantitative estimate of drug-likeness (QED) is 0.316. The molecule has 0 saturated heterocycles. The molecule has 0 amide bonds. The molecule has 5 aromatic rings. The second-order valence-corrected chi connectivity index (χ2v) is 10.5. The summed E-state index contributed by atoms with van der Waals surface area (Å²) in [5.74, 6) is 1.41. The van der Waals surface area contributed by atoms with E-state index in [1.54, 1.807) is 11.3 Å². The second kappa shape index (κ2) is 8.61. The van der Waals surface area contributed by atoms with Gasteiger partial charge in [-0.15, -0.1) is 21.5 Å². The van der Waals surface area contributed by atoms with Gasteiger partial charge in [0, 0.05) is 16.1 Å². The molecule has 3 aromatic heterocycles.